The second-order valence-electron chi connectivity index (χ2n) is 6.50. The van der Waals surface area contributed by atoms with Crippen LogP contribution >= 0.6 is 0 Å². The van der Waals surface area contributed by atoms with Crippen LogP contribution in [0.4, 0.5) is 4.79 Å². The molecule has 0 heterocycles. The minimum Gasteiger partial charge on any atom is -0.393 e. The van der Waals surface area contributed by atoms with E-state index in [4.69, 9.17) is 0 Å². The molecule has 1 rings (SSSR count). The van der Waals surface area contributed by atoms with Crippen LogP contribution in [0, 0.1) is 5.92 Å². The van der Waals surface area contributed by atoms with Crippen molar-refractivity contribution >= 4 is 6.03 Å². The fourth-order valence-electron chi connectivity index (χ4n) is 2.69. The smallest absolute Gasteiger partial charge is 0.315 e. The third-order valence-corrected chi connectivity index (χ3v) is 4.03. The summed E-state index contributed by atoms with van der Waals surface area (Å²) >= 11 is 0. The zero-order chi connectivity index (χ0) is 14.8. The molecule has 0 radical (unpaired) electrons. The summed E-state index contributed by atoms with van der Waals surface area (Å²) < 4.78 is 0. The Kier molecular flexibility index (Phi) is 8.67. The Balaban J connectivity index is 1.92. The summed E-state index contributed by atoms with van der Waals surface area (Å²) in [6.45, 7) is 5.29. The lowest BCUT2D eigenvalue weighted by atomic mass is 9.93. The summed E-state index contributed by atoms with van der Waals surface area (Å²) in [4.78, 5) is 11.7. The second kappa shape index (κ2) is 10.0. The molecule has 0 unspecified atom stereocenters. The molecular weight excluding hydrogens is 252 g/mol. The molecule has 0 atom stereocenters. The topological polar surface area (TPSA) is 61.4 Å². The predicted molar refractivity (Wildman–Crippen MR) is 82.7 cm³/mol. The zero-order valence-electron chi connectivity index (χ0n) is 13.2. The van der Waals surface area contributed by atoms with Crippen LogP contribution in [0.2, 0.25) is 0 Å². The van der Waals surface area contributed by atoms with E-state index >= 15 is 0 Å². The number of amides is 2. The van der Waals surface area contributed by atoms with Crippen LogP contribution in [0.3, 0.4) is 0 Å². The van der Waals surface area contributed by atoms with Gasteiger partial charge in [-0.15, -0.1) is 0 Å². The van der Waals surface area contributed by atoms with Gasteiger partial charge < -0.3 is 15.7 Å². The van der Waals surface area contributed by atoms with Crippen molar-refractivity contribution in [2.75, 3.05) is 6.54 Å². The SMILES string of the molecule is CC(C)CCCCCCNC(=O)NC1CCC(O)CC1. The van der Waals surface area contributed by atoms with Gasteiger partial charge in [0.15, 0.2) is 0 Å². The number of carbonyl (C=O) groups excluding carboxylic acids is 1. The molecule has 2 amide bonds. The summed E-state index contributed by atoms with van der Waals surface area (Å²) in [6, 6.07) is 0.193. The van der Waals surface area contributed by atoms with Crippen LogP contribution in [0.25, 0.3) is 0 Å². The van der Waals surface area contributed by atoms with E-state index in [9.17, 15) is 9.90 Å². The molecule has 0 aromatic rings. The number of carbonyl (C=O) groups is 1. The van der Waals surface area contributed by atoms with E-state index in [2.05, 4.69) is 24.5 Å². The van der Waals surface area contributed by atoms with E-state index in [-0.39, 0.29) is 18.2 Å². The van der Waals surface area contributed by atoms with Crippen molar-refractivity contribution in [3.05, 3.63) is 0 Å². The van der Waals surface area contributed by atoms with E-state index < -0.39 is 0 Å². The minimum atomic E-state index is -0.165. The number of hydrogen-bond acceptors (Lipinski definition) is 2. The van der Waals surface area contributed by atoms with Crippen molar-refractivity contribution in [2.24, 2.45) is 5.92 Å². The molecule has 1 aliphatic carbocycles. The van der Waals surface area contributed by atoms with Crippen molar-refractivity contribution in [3.63, 3.8) is 0 Å². The molecule has 4 nitrogen and oxygen atoms in total. The van der Waals surface area contributed by atoms with Crippen molar-refractivity contribution in [3.8, 4) is 0 Å². The highest BCUT2D eigenvalue weighted by molar-refractivity contribution is 5.74. The van der Waals surface area contributed by atoms with Gasteiger partial charge in [0.1, 0.15) is 0 Å². The van der Waals surface area contributed by atoms with Crippen LogP contribution in [0.1, 0.15) is 71.6 Å². The third-order valence-electron chi connectivity index (χ3n) is 4.03. The first kappa shape index (κ1) is 17.3. The first-order valence-electron chi connectivity index (χ1n) is 8.30. The summed E-state index contributed by atoms with van der Waals surface area (Å²) in [5, 5.41) is 15.3. The van der Waals surface area contributed by atoms with E-state index in [1.165, 1.54) is 25.7 Å². The molecule has 0 bridgehead atoms. The molecule has 0 spiro atoms. The number of unbranched alkanes of at least 4 members (excludes halogenated alkanes) is 3. The first-order chi connectivity index (χ1) is 9.58. The van der Waals surface area contributed by atoms with Gasteiger partial charge in [0.05, 0.1) is 6.10 Å². The van der Waals surface area contributed by atoms with Crippen molar-refractivity contribution in [2.45, 2.75) is 83.8 Å². The molecular formula is C16H32N2O2. The van der Waals surface area contributed by atoms with Gasteiger partial charge in [-0.3, -0.25) is 0 Å². The molecule has 1 saturated carbocycles. The molecule has 118 valence electrons. The average Bonchev–Trinajstić information content (AvgIpc) is 2.40. The summed E-state index contributed by atoms with van der Waals surface area (Å²) in [5.74, 6) is 0.799. The maximum atomic E-state index is 11.7. The maximum absolute atomic E-state index is 11.7. The molecule has 1 aliphatic rings. The standard InChI is InChI=1S/C16H32N2O2/c1-13(2)7-5-3-4-6-12-17-16(20)18-14-8-10-15(19)11-9-14/h13-15,19H,3-12H2,1-2H3,(H2,17,18,20). The number of nitrogens with one attached hydrogen (secondary N) is 2. The zero-order valence-corrected chi connectivity index (χ0v) is 13.2. The van der Waals surface area contributed by atoms with Crippen molar-refractivity contribution in [1.82, 2.24) is 10.6 Å². The lowest BCUT2D eigenvalue weighted by Gasteiger charge is -2.26. The second-order valence-corrected chi connectivity index (χ2v) is 6.50. The Morgan fingerprint density at radius 3 is 2.40 bits per heavy atom. The van der Waals surface area contributed by atoms with Crippen LogP contribution < -0.4 is 10.6 Å². The van der Waals surface area contributed by atoms with Gasteiger partial charge in [-0.1, -0.05) is 39.5 Å². The highest BCUT2D eigenvalue weighted by Gasteiger charge is 2.20. The van der Waals surface area contributed by atoms with Crippen LogP contribution in [-0.4, -0.2) is 29.8 Å². The summed E-state index contributed by atoms with van der Waals surface area (Å²) in [7, 11) is 0. The quantitative estimate of drug-likeness (QED) is 0.599. The summed E-state index contributed by atoms with van der Waals surface area (Å²) in [5.41, 5.74) is 0. The van der Waals surface area contributed by atoms with E-state index in [1.807, 2.05) is 0 Å². The lowest BCUT2D eigenvalue weighted by Crippen LogP contribution is -2.44. The van der Waals surface area contributed by atoms with E-state index in [1.54, 1.807) is 0 Å². The van der Waals surface area contributed by atoms with Crippen molar-refractivity contribution in [1.29, 1.82) is 0 Å². The first-order valence-corrected chi connectivity index (χ1v) is 8.30. The maximum Gasteiger partial charge on any atom is 0.315 e. The van der Waals surface area contributed by atoms with E-state index in [0.717, 1.165) is 44.6 Å². The molecule has 0 saturated heterocycles. The molecule has 0 aromatic carbocycles. The highest BCUT2D eigenvalue weighted by atomic mass is 16.3. The molecule has 3 N–H and O–H groups in total. The Labute approximate surface area is 123 Å². The van der Waals surface area contributed by atoms with E-state index in [0.29, 0.717) is 0 Å². The fourth-order valence-corrected chi connectivity index (χ4v) is 2.69. The molecule has 1 fully saturated rings. The Bertz CT molecular complexity index is 261. The molecule has 4 heteroatoms. The molecule has 0 aromatic heterocycles. The Morgan fingerprint density at radius 1 is 1.10 bits per heavy atom. The van der Waals surface area contributed by atoms with Crippen LogP contribution in [-0.2, 0) is 0 Å². The number of aliphatic hydroxyl groups is 1. The highest BCUT2D eigenvalue weighted by Crippen LogP contribution is 2.18. The van der Waals surface area contributed by atoms with Gasteiger partial charge in [-0.05, 0) is 38.0 Å². The largest absolute Gasteiger partial charge is 0.393 e. The fraction of sp³-hybridized carbons (Fsp3) is 0.938. The van der Waals surface area contributed by atoms with Gasteiger partial charge >= 0.3 is 6.03 Å². The normalized spacial score (nSPS) is 22.8. The minimum absolute atomic E-state index is 0.0476. The van der Waals surface area contributed by atoms with Crippen molar-refractivity contribution < 1.29 is 9.90 Å². The number of rotatable bonds is 8. The van der Waals surface area contributed by atoms with Gasteiger partial charge in [0, 0.05) is 12.6 Å². The predicted octanol–water partition coefficient (Wildman–Crippen LogP) is 3.20. The van der Waals surface area contributed by atoms with Gasteiger partial charge in [-0.25, -0.2) is 4.79 Å². The van der Waals surface area contributed by atoms with Gasteiger partial charge in [-0.2, -0.15) is 0 Å². The number of aliphatic hydroxyl groups excluding tert-OH is 1. The number of urea groups is 1. The van der Waals surface area contributed by atoms with Gasteiger partial charge in [0.2, 0.25) is 0 Å². The Morgan fingerprint density at radius 2 is 1.75 bits per heavy atom. The lowest BCUT2D eigenvalue weighted by molar-refractivity contribution is 0.117. The Hall–Kier alpha value is -0.770. The third kappa shape index (κ3) is 8.41. The average molecular weight is 284 g/mol. The monoisotopic (exact) mass is 284 g/mol. The summed E-state index contributed by atoms with van der Waals surface area (Å²) in [6.07, 6.45) is 9.37. The molecule has 0 aliphatic heterocycles. The van der Waals surface area contributed by atoms with Gasteiger partial charge in [0.25, 0.3) is 0 Å². The number of hydrogen-bond donors (Lipinski definition) is 3. The van der Waals surface area contributed by atoms with Crippen LogP contribution in [0.15, 0.2) is 0 Å². The molecule has 20 heavy (non-hydrogen) atoms. The van der Waals surface area contributed by atoms with Crippen LogP contribution in [0.5, 0.6) is 0 Å².